The third-order valence-corrected chi connectivity index (χ3v) is 7.32. The maximum Gasteiger partial charge on any atom is 0.324 e. The van der Waals surface area contributed by atoms with E-state index in [-0.39, 0.29) is 0 Å². The Hall–Kier alpha value is -0.910. The molecular weight excluding hydrogens is 382 g/mol. The van der Waals surface area contributed by atoms with E-state index in [0.717, 1.165) is 38.8 Å². The van der Waals surface area contributed by atoms with Crippen LogP contribution in [0.1, 0.15) is 102 Å². The summed E-state index contributed by atoms with van der Waals surface area (Å²) in [4.78, 5) is 0. The fraction of sp³-hybridized carbons (Fsp3) is 0.750. The van der Waals surface area contributed by atoms with Crippen molar-refractivity contribution in [3.8, 4) is 0 Å². The lowest BCUT2D eigenvalue weighted by Crippen LogP contribution is -2.51. The van der Waals surface area contributed by atoms with Gasteiger partial charge in [0.1, 0.15) is 0 Å². The third kappa shape index (κ3) is 10.1. The maximum absolute atomic E-state index is 12.5. The minimum atomic E-state index is -4.21. The summed E-state index contributed by atoms with van der Waals surface area (Å²) in [5.41, 5.74) is 0.689. The normalized spacial score (nSPS) is 13.5. The van der Waals surface area contributed by atoms with E-state index in [9.17, 15) is 13.0 Å². The van der Waals surface area contributed by atoms with Gasteiger partial charge >= 0.3 is 10.1 Å². The van der Waals surface area contributed by atoms with Crippen LogP contribution in [0.2, 0.25) is 0 Å². The molecule has 0 bridgehead atoms. The molecule has 0 spiro atoms. The molecule has 0 aromatic heterocycles. The standard InChI is InChI=1S/C24H43NO3S/c1-4-6-8-10-12-17-21-25(3,22-18-13-11-9-7-5-2)24(29(26,27)28)23-19-15-14-16-20-23/h14-16,19-20,24H,4-13,17-18,21-22H2,1-3H3/p+1. The Morgan fingerprint density at radius 1 is 0.759 bits per heavy atom. The molecule has 0 aliphatic rings. The molecule has 0 aliphatic carbocycles. The van der Waals surface area contributed by atoms with Crippen LogP contribution in [0.4, 0.5) is 0 Å². The number of quaternary nitrogens is 1. The van der Waals surface area contributed by atoms with E-state index in [1.54, 1.807) is 0 Å². The van der Waals surface area contributed by atoms with Gasteiger partial charge in [-0.25, -0.2) is 0 Å². The molecule has 4 nitrogen and oxygen atoms in total. The second-order valence-electron chi connectivity index (χ2n) is 8.74. The Kier molecular flexibility index (Phi) is 12.8. The van der Waals surface area contributed by atoms with Gasteiger partial charge in [-0.1, -0.05) is 95.5 Å². The minimum absolute atomic E-state index is 0.365. The first-order valence-electron chi connectivity index (χ1n) is 11.7. The van der Waals surface area contributed by atoms with Crippen molar-refractivity contribution in [2.45, 2.75) is 96.3 Å². The number of hydrogen-bond donors (Lipinski definition) is 1. The molecule has 1 N–H and O–H groups in total. The first-order chi connectivity index (χ1) is 13.8. The Labute approximate surface area is 180 Å². The highest BCUT2D eigenvalue weighted by Crippen LogP contribution is 2.33. The van der Waals surface area contributed by atoms with E-state index in [4.69, 9.17) is 0 Å². The molecule has 29 heavy (non-hydrogen) atoms. The van der Waals surface area contributed by atoms with Crippen molar-refractivity contribution < 1.29 is 17.5 Å². The average molecular weight is 427 g/mol. The van der Waals surface area contributed by atoms with Crippen LogP contribution in [0.5, 0.6) is 0 Å². The number of hydrogen-bond acceptors (Lipinski definition) is 2. The average Bonchev–Trinajstić information content (AvgIpc) is 2.67. The van der Waals surface area contributed by atoms with Gasteiger partial charge in [0.25, 0.3) is 0 Å². The van der Waals surface area contributed by atoms with Crippen LogP contribution in [0.3, 0.4) is 0 Å². The number of nitrogens with zero attached hydrogens (tertiary/aromatic N) is 1. The molecule has 0 fully saturated rings. The highest BCUT2D eigenvalue weighted by molar-refractivity contribution is 7.85. The Morgan fingerprint density at radius 2 is 1.17 bits per heavy atom. The highest BCUT2D eigenvalue weighted by Gasteiger charge is 2.42. The van der Waals surface area contributed by atoms with E-state index in [2.05, 4.69) is 13.8 Å². The van der Waals surface area contributed by atoms with Crippen molar-refractivity contribution in [2.24, 2.45) is 0 Å². The number of rotatable bonds is 17. The lowest BCUT2D eigenvalue weighted by atomic mass is 10.1. The summed E-state index contributed by atoms with van der Waals surface area (Å²) in [5, 5.41) is -0.907. The van der Waals surface area contributed by atoms with Crippen LogP contribution in [-0.4, -0.2) is 37.6 Å². The fourth-order valence-electron chi connectivity index (χ4n) is 4.32. The van der Waals surface area contributed by atoms with E-state index in [1.807, 2.05) is 37.4 Å². The molecule has 5 heteroatoms. The summed E-state index contributed by atoms with van der Waals surface area (Å²) in [6.07, 6.45) is 14.1. The molecule has 0 radical (unpaired) electrons. The van der Waals surface area contributed by atoms with Gasteiger partial charge in [-0.15, -0.1) is 0 Å². The number of unbranched alkanes of at least 4 members (excludes halogenated alkanes) is 10. The van der Waals surface area contributed by atoms with Crippen molar-refractivity contribution in [2.75, 3.05) is 20.1 Å². The van der Waals surface area contributed by atoms with Crippen LogP contribution in [-0.2, 0) is 10.1 Å². The topological polar surface area (TPSA) is 54.4 Å². The summed E-state index contributed by atoms with van der Waals surface area (Å²) in [6, 6.07) is 9.26. The smallest absolute Gasteiger partial charge is 0.305 e. The molecule has 1 rings (SSSR count). The van der Waals surface area contributed by atoms with E-state index in [0.29, 0.717) is 10.0 Å². The van der Waals surface area contributed by atoms with Crippen molar-refractivity contribution in [3.63, 3.8) is 0 Å². The maximum atomic E-state index is 12.5. The first-order valence-corrected chi connectivity index (χ1v) is 13.2. The summed E-state index contributed by atoms with van der Waals surface area (Å²) in [5.74, 6) is 0. The fourth-order valence-corrected chi connectivity index (χ4v) is 5.68. The zero-order valence-electron chi connectivity index (χ0n) is 19.0. The Bertz CT molecular complexity index is 615. The molecular formula is C24H44NO3S+. The minimum Gasteiger partial charge on any atom is -0.305 e. The highest BCUT2D eigenvalue weighted by atomic mass is 32.2. The summed E-state index contributed by atoms with van der Waals surface area (Å²) in [6.45, 7) is 5.98. The van der Waals surface area contributed by atoms with Gasteiger partial charge in [0.15, 0.2) is 0 Å². The van der Waals surface area contributed by atoms with E-state index >= 15 is 0 Å². The van der Waals surface area contributed by atoms with Gasteiger partial charge in [0.2, 0.25) is 5.37 Å². The van der Waals surface area contributed by atoms with Crippen LogP contribution in [0.15, 0.2) is 30.3 Å². The van der Waals surface area contributed by atoms with Crippen molar-refractivity contribution >= 4 is 10.1 Å². The van der Waals surface area contributed by atoms with Crippen LogP contribution < -0.4 is 0 Å². The SMILES string of the molecule is CCCCCCCC[N+](C)(CCCCCCCC)C(c1ccccc1)S(=O)(=O)O. The molecule has 0 saturated carbocycles. The lowest BCUT2D eigenvalue weighted by Gasteiger charge is -2.40. The van der Waals surface area contributed by atoms with Gasteiger partial charge in [0.05, 0.1) is 20.1 Å². The number of benzene rings is 1. The zero-order valence-corrected chi connectivity index (χ0v) is 19.8. The van der Waals surface area contributed by atoms with Gasteiger partial charge in [-0.2, -0.15) is 8.42 Å². The summed E-state index contributed by atoms with van der Waals surface area (Å²) in [7, 11) is -2.19. The third-order valence-electron chi connectivity index (χ3n) is 5.98. The quantitative estimate of drug-likeness (QED) is 0.170. The molecule has 0 heterocycles. The van der Waals surface area contributed by atoms with Crippen molar-refractivity contribution in [1.82, 2.24) is 0 Å². The largest absolute Gasteiger partial charge is 0.324 e. The van der Waals surface area contributed by atoms with E-state index < -0.39 is 15.5 Å². The van der Waals surface area contributed by atoms with Gasteiger partial charge in [-0.3, -0.25) is 4.55 Å². The Balaban J connectivity index is 2.87. The molecule has 0 saturated heterocycles. The monoisotopic (exact) mass is 426 g/mol. The molecule has 1 unspecified atom stereocenters. The van der Waals surface area contributed by atoms with Crippen molar-refractivity contribution in [1.29, 1.82) is 0 Å². The van der Waals surface area contributed by atoms with Gasteiger partial charge in [-0.05, 0) is 25.7 Å². The van der Waals surface area contributed by atoms with Crippen LogP contribution in [0.25, 0.3) is 0 Å². The zero-order chi connectivity index (χ0) is 21.6. The molecule has 0 aliphatic heterocycles. The van der Waals surface area contributed by atoms with Crippen LogP contribution in [0, 0.1) is 0 Å². The summed E-state index contributed by atoms with van der Waals surface area (Å²) >= 11 is 0. The predicted octanol–water partition coefficient (Wildman–Crippen LogP) is 6.74. The second kappa shape index (κ2) is 14.2. The Morgan fingerprint density at radius 3 is 1.59 bits per heavy atom. The molecule has 1 aromatic carbocycles. The lowest BCUT2D eigenvalue weighted by molar-refractivity contribution is -0.926. The molecule has 1 aromatic rings. The molecule has 0 amide bonds. The second-order valence-corrected chi connectivity index (χ2v) is 10.2. The first kappa shape index (κ1) is 26.1. The predicted molar refractivity (Wildman–Crippen MR) is 123 cm³/mol. The summed E-state index contributed by atoms with van der Waals surface area (Å²) < 4.78 is 35.5. The van der Waals surface area contributed by atoms with Gasteiger partial charge in [0, 0.05) is 5.56 Å². The van der Waals surface area contributed by atoms with Crippen molar-refractivity contribution in [3.05, 3.63) is 35.9 Å². The molecule has 168 valence electrons. The van der Waals surface area contributed by atoms with E-state index in [1.165, 1.54) is 51.4 Å². The van der Waals surface area contributed by atoms with Crippen LogP contribution >= 0.6 is 0 Å². The van der Waals surface area contributed by atoms with Gasteiger partial charge < -0.3 is 4.48 Å². The molecule has 1 atom stereocenters.